The Labute approximate surface area is 79.1 Å². The van der Waals surface area contributed by atoms with Gasteiger partial charge in [0.05, 0.1) is 11.3 Å². The number of nitrogens with one attached hydrogen (secondary N) is 1. The topological polar surface area (TPSA) is 50.9 Å². The van der Waals surface area contributed by atoms with Gasteiger partial charge in [-0.3, -0.25) is 0 Å². The van der Waals surface area contributed by atoms with Crippen LogP contribution in [-0.4, -0.2) is 11.5 Å². The summed E-state index contributed by atoms with van der Waals surface area (Å²) in [6.45, 7) is 2.26. The second kappa shape index (κ2) is 3.73. The second-order valence-electron chi connectivity index (χ2n) is 2.68. The summed E-state index contributed by atoms with van der Waals surface area (Å²) in [5.41, 5.74) is 4.79. The van der Waals surface area contributed by atoms with Crippen LogP contribution in [0.15, 0.2) is 12.3 Å². The molecular formula is C8H10F3N3. The zero-order valence-corrected chi connectivity index (χ0v) is 7.52. The lowest BCUT2D eigenvalue weighted by Crippen LogP contribution is -2.09. The molecule has 0 unspecified atom stereocenters. The summed E-state index contributed by atoms with van der Waals surface area (Å²) in [4.78, 5) is 3.46. The van der Waals surface area contributed by atoms with Crippen LogP contribution in [0.25, 0.3) is 0 Å². The average molecular weight is 205 g/mol. The minimum atomic E-state index is -4.38. The normalized spacial score (nSPS) is 11.4. The zero-order valence-electron chi connectivity index (χ0n) is 7.52. The van der Waals surface area contributed by atoms with Gasteiger partial charge < -0.3 is 11.1 Å². The molecule has 6 heteroatoms. The van der Waals surface area contributed by atoms with Crippen LogP contribution in [0.1, 0.15) is 12.5 Å². The van der Waals surface area contributed by atoms with Crippen LogP contribution < -0.4 is 11.1 Å². The molecular weight excluding hydrogens is 195 g/mol. The van der Waals surface area contributed by atoms with Gasteiger partial charge in [-0.1, -0.05) is 0 Å². The van der Waals surface area contributed by atoms with Crippen molar-refractivity contribution >= 4 is 11.5 Å². The van der Waals surface area contributed by atoms with Crippen molar-refractivity contribution < 1.29 is 13.2 Å². The molecule has 3 N–H and O–H groups in total. The van der Waals surface area contributed by atoms with Gasteiger partial charge in [0.15, 0.2) is 0 Å². The van der Waals surface area contributed by atoms with Gasteiger partial charge in [-0.15, -0.1) is 0 Å². The van der Waals surface area contributed by atoms with Crippen LogP contribution in [0.3, 0.4) is 0 Å². The van der Waals surface area contributed by atoms with Crippen molar-refractivity contribution in [3.05, 3.63) is 17.8 Å². The summed E-state index contributed by atoms with van der Waals surface area (Å²) in [5, 5.41) is 2.70. The van der Waals surface area contributed by atoms with Crippen molar-refractivity contribution in [2.45, 2.75) is 13.1 Å². The molecule has 1 heterocycles. The third-order valence-corrected chi connectivity index (χ3v) is 1.61. The summed E-state index contributed by atoms with van der Waals surface area (Å²) in [6.07, 6.45) is -3.67. The second-order valence-corrected chi connectivity index (χ2v) is 2.68. The number of nitrogens with two attached hydrogens (primary N) is 1. The van der Waals surface area contributed by atoms with Gasteiger partial charge in [0.25, 0.3) is 0 Å². The van der Waals surface area contributed by atoms with Crippen LogP contribution >= 0.6 is 0 Å². The maximum atomic E-state index is 12.2. The number of alkyl halides is 3. The number of pyridine rings is 1. The minimum absolute atomic E-state index is 0.0693. The molecule has 0 amide bonds. The van der Waals surface area contributed by atoms with Crippen molar-refractivity contribution in [1.29, 1.82) is 0 Å². The number of rotatable bonds is 2. The largest absolute Gasteiger partial charge is 0.417 e. The number of aromatic nitrogens is 1. The highest BCUT2D eigenvalue weighted by molar-refractivity contribution is 5.62. The summed E-state index contributed by atoms with van der Waals surface area (Å²) in [7, 11) is 0. The number of halogens is 3. The van der Waals surface area contributed by atoms with E-state index >= 15 is 0 Å². The van der Waals surface area contributed by atoms with Crippen molar-refractivity contribution in [2.24, 2.45) is 0 Å². The molecule has 0 aliphatic rings. The smallest absolute Gasteiger partial charge is 0.382 e. The Hall–Kier alpha value is -1.46. The molecule has 1 rings (SSSR count). The molecule has 78 valence electrons. The Morgan fingerprint density at radius 2 is 2.14 bits per heavy atom. The van der Waals surface area contributed by atoms with Gasteiger partial charge in [0.1, 0.15) is 5.82 Å². The highest BCUT2D eigenvalue weighted by Gasteiger charge is 2.31. The predicted octanol–water partition coefficient (Wildman–Crippen LogP) is 2.11. The molecule has 0 atom stereocenters. The van der Waals surface area contributed by atoms with Crippen molar-refractivity contribution in [2.75, 3.05) is 17.6 Å². The predicted molar refractivity (Wildman–Crippen MR) is 47.8 cm³/mol. The zero-order chi connectivity index (χ0) is 10.8. The molecule has 0 aliphatic heterocycles. The molecule has 1 aromatic heterocycles. The molecule has 0 aromatic carbocycles. The van der Waals surface area contributed by atoms with Gasteiger partial charge in [-0.05, 0) is 13.0 Å². The Bertz CT molecular complexity index is 322. The summed E-state index contributed by atoms with van der Waals surface area (Å²) in [5.74, 6) is 0.0693. The number of nitrogen functional groups attached to an aromatic ring is 1. The highest BCUT2D eigenvalue weighted by atomic mass is 19.4. The van der Waals surface area contributed by atoms with Crippen molar-refractivity contribution in [1.82, 2.24) is 4.98 Å². The van der Waals surface area contributed by atoms with E-state index in [1.807, 2.05) is 0 Å². The van der Waals surface area contributed by atoms with Gasteiger partial charge >= 0.3 is 6.18 Å². The van der Waals surface area contributed by atoms with E-state index in [1.165, 1.54) is 0 Å². The molecule has 0 fully saturated rings. The van der Waals surface area contributed by atoms with Crippen molar-refractivity contribution in [3.8, 4) is 0 Å². The fourth-order valence-corrected chi connectivity index (χ4v) is 0.962. The van der Waals surface area contributed by atoms with E-state index in [9.17, 15) is 13.2 Å². The number of hydrogen-bond donors (Lipinski definition) is 2. The van der Waals surface area contributed by atoms with E-state index < -0.39 is 11.7 Å². The molecule has 0 saturated carbocycles. The van der Waals surface area contributed by atoms with Crippen LogP contribution in [0, 0.1) is 0 Å². The average Bonchev–Trinajstić information content (AvgIpc) is 2.07. The van der Waals surface area contributed by atoms with Gasteiger partial charge in [0, 0.05) is 12.7 Å². The maximum Gasteiger partial charge on any atom is 0.417 e. The molecule has 0 bridgehead atoms. The van der Waals surface area contributed by atoms with Crippen LogP contribution in [-0.2, 0) is 6.18 Å². The monoisotopic (exact) mass is 205 g/mol. The molecule has 0 radical (unpaired) electrons. The first-order valence-electron chi connectivity index (χ1n) is 4.01. The summed E-state index contributed by atoms with van der Waals surface area (Å²) >= 11 is 0. The Morgan fingerprint density at radius 3 is 2.64 bits per heavy atom. The lowest BCUT2D eigenvalue weighted by molar-refractivity contribution is -0.137. The van der Waals surface area contributed by atoms with E-state index in [4.69, 9.17) is 5.73 Å². The van der Waals surface area contributed by atoms with E-state index in [1.54, 1.807) is 6.92 Å². The molecule has 3 nitrogen and oxygen atoms in total. The first-order valence-corrected chi connectivity index (χ1v) is 4.01. The van der Waals surface area contributed by atoms with Gasteiger partial charge in [-0.2, -0.15) is 13.2 Å². The highest BCUT2D eigenvalue weighted by Crippen LogP contribution is 2.31. The minimum Gasteiger partial charge on any atom is -0.382 e. The van der Waals surface area contributed by atoms with E-state index in [0.717, 1.165) is 12.3 Å². The van der Waals surface area contributed by atoms with Crippen LogP contribution in [0.5, 0.6) is 0 Å². The Kier molecular flexibility index (Phi) is 2.83. The first kappa shape index (κ1) is 10.6. The fraction of sp³-hybridized carbons (Fsp3) is 0.375. The molecule has 0 saturated heterocycles. The van der Waals surface area contributed by atoms with Crippen molar-refractivity contribution in [3.63, 3.8) is 0 Å². The standard InChI is InChI=1S/C8H10F3N3/c1-2-13-6-3-5(8(9,10)11)4-14-7(6)12/h3-4,13H,2H2,1H3,(H2,12,14). The van der Waals surface area contributed by atoms with Crippen LogP contribution in [0.4, 0.5) is 24.7 Å². The van der Waals surface area contributed by atoms with E-state index in [2.05, 4.69) is 10.3 Å². The number of nitrogens with zero attached hydrogens (tertiary/aromatic N) is 1. The van der Waals surface area contributed by atoms with Crippen LogP contribution in [0.2, 0.25) is 0 Å². The quantitative estimate of drug-likeness (QED) is 0.777. The fourth-order valence-electron chi connectivity index (χ4n) is 0.962. The Morgan fingerprint density at radius 1 is 1.50 bits per heavy atom. The van der Waals surface area contributed by atoms with Gasteiger partial charge in [-0.25, -0.2) is 4.98 Å². The third kappa shape index (κ3) is 2.27. The van der Waals surface area contributed by atoms with Gasteiger partial charge in [0.2, 0.25) is 0 Å². The summed E-state index contributed by atoms with van der Waals surface area (Å²) in [6, 6.07) is 0.950. The molecule has 1 aromatic rings. The SMILES string of the molecule is CCNc1cc(C(F)(F)F)cnc1N. The van der Waals surface area contributed by atoms with E-state index in [0.29, 0.717) is 6.54 Å². The molecule has 0 spiro atoms. The number of anilines is 2. The molecule has 14 heavy (non-hydrogen) atoms. The third-order valence-electron chi connectivity index (χ3n) is 1.61. The molecule has 0 aliphatic carbocycles. The summed E-state index contributed by atoms with van der Waals surface area (Å²) < 4.78 is 36.7. The maximum absolute atomic E-state index is 12.2. The lowest BCUT2D eigenvalue weighted by Gasteiger charge is -2.10. The first-order chi connectivity index (χ1) is 6.45. The lowest BCUT2D eigenvalue weighted by atomic mass is 10.2. The van der Waals surface area contributed by atoms with E-state index in [-0.39, 0.29) is 11.5 Å². The number of hydrogen-bond acceptors (Lipinski definition) is 3. The Balaban J connectivity index is 3.06.